The Morgan fingerprint density at radius 1 is 1.36 bits per heavy atom. The second-order valence-corrected chi connectivity index (χ2v) is 5.93. The third kappa shape index (κ3) is 1.82. The molecule has 1 atom stereocenters. The van der Waals surface area contributed by atoms with Crippen molar-refractivity contribution < 1.29 is 4.74 Å². The summed E-state index contributed by atoms with van der Waals surface area (Å²) in [7, 11) is 0. The molecule has 0 bridgehead atoms. The lowest BCUT2D eigenvalue weighted by atomic mass is 10.1. The van der Waals surface area contributed by atoms with Gasteiger partial charge < -0.3 is 15.0 Å². The van der Waals surface area contributed by atoms with E-state index in [0.717, 1.165) is 53.8 Å². The van der Waals surface area contributed by atoms with Gasteiger partial charge in [0.1, 0.15) is 17.4 Å². The molecule has 5 heteroatoms. The monoisotopic (exact) mass is 296 g/mol. The van der Waals surface area contributed by atoms with E-state index in [1.807, 2.05) is 12.1 Å². The summed E-state index contributed by atoms with van der Waals surface area (Å²) in [5.74, 6) is 1.50. The molecule has 0 aliphatic carbocycles. The molecule has 3 heterocycles. The second kappa shape index (κ2) is 4.95. The quantitative estimate of drug-likeness (QED) is 0.787. The summed E-state index contributed by atoms with van der Waals surface area (Å²) < 4.78 is 8.20. The van der Waals surface area contributed by atoms with Crippen LogP contribution in [0.5, 0.6) is 0 Å². The van der Waals surface area contributed by atoms with E-state index in [9.17, 15) is 0 Å². The molecule has 0 saturated carbocycles. The third-order valence-electron chi connectivity index (χ3n) is 4.44. The molecule has 1 unspecified atom stereocenters. The van der Waals surface area contributed by atoms with Gasteiger partial charge in [0.15, 0.2) is 5.82 Å². The molecular weight excluding hydrogens is 276 g/mol. The second-order valence-electron chi connectivity index (χ2n) is 5.93. The van der Waals surface area contributed by atoms with Crippen LogP contribution in [0.2, 0.25) is 0 Å². The van der Waals surface area contributed by atoms with Crippen LogP contribution in [0.25, 0.3) is 21.9 Å². The standard InChI is InChI=1S/C17H20N4O/c1-3-5-12-17-20-14-15(21(17)8-9-22-12)13-10(2)6-4-7-11(13)19-16(14)18/h4,6-7,12H,3,5,8-9H2,1-2H3,(H2,18,19). The lowest BCUT2D eigenvalue weighted by Crippen LogP contribution is -2.22. The zero-order chi connectivity index (χ0) is 15.3. The third-order valence-corrected chi connectivity index (χ3v) is 4.44. The molecule has 1 aliphatic heterocycles. The summed E-state index contributed by atoms with van der Waals surface area (Å²) in [6.45, 7) is 5.82. The van der Waals surface area contributed by atoms with Crippen LogP contribution in [0.15, 0.2) is 18.2 Å². The number of hydrogen-bond donors (Lipinski definition) is 1. The highest BCUT2D eigenvalue weighted by atomic mass is 16.5. The minimum Gasteiger partial charge on any atom is -0.382 e. The summed E-state index contributed by atoms with van der Waals surface area (Å²) in [4.78, 5) is 9.33. The number of benzene rings is 1. The van der Waals surface area contributed by atoms with Gasteiger partial charge in [-0.3, -0.25) is 0 Å². The fraction of sp³-hybridized carbons (Fsp3) is 0.412. The molecule has 1 aromatic carbocycles. The van der Waals surface area contributed by atoms with Crippen LogP contribution < -0.4 is 5.73 Å². The highest BCUT2D eigenvalue weighted by molar-refractivity contribution is 6.08. The lowest BCUT2D eigenvalue weighted by molar-refractivity contribution is 0.0125. The summed E-state index contributed by atoms with van der Waals surface area (Å²) in [6, 6.07) is 6.15. The van der Waals surface area contributed by atoms with Crippen LogP contribution in [0, 0.1) is 6.92 Å². The molecule has 22 heavy (non-hydrogen) atoms. The van der Waals surface area contributed by atoms with Crippen LogP contribution in [0.1, 0.15) is 37.3 Å². The number of nitrogen functional groups attached to an aromatic ring is 1. The van der Waals surface area contributed by atoms with E-state index in [4.69, 9.17) is 15.5 Å². The van der Waals surface area contributed by atoms with Crippen LogP contribution in [0.3, 0.4) is 0 Å². The molecule has 0 fully saturated rings. The fourth-order valence-corrected chi connectivity index (χ4v) is 3.45. The number of pyridine rings is 1. The van der Waals surface area contributed by atoms with Crippen molar-refractivity contribution in [3.05, 3.63) is 29.6 Å². The fourth-order valence-electron chi connectivity index (χ4n) is 3.45. The highest BCUT2D eigenvalue weighted by Crippen LogP contribution is 2.35. The lowest BCUT2D eigenvalue weighted by Gasteiger charge is -2.24. The SMILES string of the molecule is CCCC1OCCn2c1nc1c(N)nc3cccc(C)c3c12. The van der Waals surface area contributed by atoms with Crippen molar-refractivity contribution in [2.45, 2.75) is 39.3 Å². The molecule has 3 aromatic rings. The van der Waals surface area contributed by atoms with Crippen molar-refractivity contribution in [1.82, 2.24) is 14.5 Å². The molecule has 0 spiro atoms. The average Bonchev–Trinajstić information content (AvgIpc) is 2.89. The van der Waals surface area contributed by atoms with Gasteiger partial charge in [0.25, 0.3) is 0 Å². The molecule has 5 nitrogen and oxygen atoms in total. The van der Waals surface area contributed by atoms with Crippen molar-refractivity contribution in [3.8, 4) is 0 Å². The van der Waals surface area contributed by atoms with Crippen molar-refractivity contribution >= 4 is 27.8 Å². The Morgan fingerprint density at radius 3 is 3.05 bits per heavy atom. The normalized spacial score (nSPS) is 18.0. The van der Waals surface area contributed by atoms with Crippen LogP contribution in [-0.4, -0.2) is 21.1 Å². The highest BCUT2D eigenvalue weighted by Gasteiger charge is 2.26. The van der Waals surface area contributed by atoms with Gasteiger partial charge in [0.2, 0.25) is 0 Å². The van der Waals surface area contributed by atoms with Crippen molar-refractivity contribution in [3.63, 3.8) is 0 Å². The van der Waals surface area contributed by atoms with Gasteiger partial charge in [-0.05, 0) is 25.0 Å². The summed E-state index contributed by atoms with van der Waals surface area (Å²) in [6.07, 6.45) is 2.11. The number of anilines is 1. The number of hydrogen-bond acceptors (Lipinski definition) is 4. The van der Waals surface area contributed by atoms with Crippen molar-refractivity contribution in [1.29, 1.82) is 0 Å². The van der Waals surface area contributed by atoms with E-state index < -0.39 is 0 Å². The minimum atomic E-state index is 0.0598. The van der Waals surface area contributed by atoms with E-state index >= 15 is 0 Å². The zero-order valence-electron chi connectivity index (χ0n) is 13.0. The Labute approximate surface area is 129 Å². The maximum Gasteiger partial charge on any atom is 0.152 e. The van der Waals surface area contributed by atoms with Gasteiger partial charge in [-0.1, -0.05) is 25.5 Å². The average molecular weight is 296 g/mol. The van der Waals surface area contributed by atoms with E-state index in [2.05, 4.69) is 29.5 Å². The number of nitrogens with two attached hydrogens (primary N) is 1. The largest absolute Gasteiger partial charge is 0.382 e. The molecule has 0 amide bonds. The smallest absolute Gasteiger partial charge is 0.152 e. The Bertz CT molecular complexity index is 868. The minimum absolute atomic E-state index is 0.0598. The Hall–Kier alpha value is -2.14. The Morgan fingerprint density at radius 2 is 2.23 bits per heavy atom. The number of ether oxygens (including phenoxy) is 1. The Kier molecular flexibility index (Phi) is 3.04. The summed E-state index contributed by atoms with van der Waals surface area (Å²) in [5.41, 5.74) is 10.2. The molecule has 4 rings (SSSR count). The first-order chi connectivity index (χ1) is 10.7. The van der Waals surface area contributed by atoms with Crippen LogP contribution in [0.4, 0.5) is 5.82 Å². The maximum atomic E-state index is 6.18. The molecule has 1 aliphatic rings. The number of imidazole rings is 1. The van der Waals surface area contributed by atoms with Crippen molar-refractivity contribution in [2.75, 3.05) is 12.3 Å². The molecule has 0 radical (unpaired) electrons. The van der Waals surface area contributed by atoms with Gasteiger partial charge in [0.05, 0.1) is 17.6 Å². The summed E-state index contributed by atoms with van der Waals surface area (Å²) >= 11 is 0. The van der Waals surface area contributed by atoms with E-state index in [1.54, 1.807) is 0 Å². The first-order valence-corrected chi connectivity index (χ1v) is 7.87. The maximum absolute atomic E-state index is 6.18. The van der Waals surface area contributed by atoms with Gasteiger partial charge in [-0.15, -0.1) is 0 Å². The molecule has 114 valence electrons. The Balaban J connectivity index is 2.11. The number of fused-ring (bicyclic) bond motifs is 5. The van der Waals surface area contributed by atoms with Gasteiger partial charge in [-0.2, -0.15) is 0 Å². The van der Waals surface area contributed by atoms with Crippen LogP contribution in [-0.2, 0) is 11.3 Å². The van der Waals surface area contributed by atoms with Gasteiger partial charge in [-0.25, -0.2) is 9.97 Å². The number of nitrogens with zero attached hydrogens (tertiary/aromatic N) is 3. The predicted octanol–water partition coefficient (Wildman–Crippen LogP) is 3.35. The zero-order valence-corrected chi connectivity index (χ0v) is 13.0. The molecule has 2 aromatic heterocycles. The van der Waals surface area contributed by atoms with E-state index in [0.29, 0.717) is 5.82 Å². The molecular formula is C17H20N4O. The van der Waals surface area contributed by atoms with E-state index in [-0.39, 0.29) is 6.10 Å². The van der Waals surface area contributed by atoms with E-state index in [1.165, 1.54) is 5.56 Å². The molecule has 2 N–H and O–H groups in total. The first kappa shape index (κ1) is 13.5. The summed E-state index contributed by atoms with van der Waals surface area (Å²) in [5, 5.41) is 1.16. The van der Waals surface area contributed by atoms with Crippen LogP contribution >= 0.6 is 0 Å². The van der Waals surface area contributed by atoms with Gasteiger partial charge >= 0.3 is 0 Å². The topological polar surface area (TPSA) is 66.0 Å². The van der Waals surface area contributed by atoms with Crippen molar-refractivity contribution in [2.24, 2.45) is 0 Å². The first-order valence-electron chi connectivity index (χ1n) is 7.87. The van der Waals surface area contributed by atoms with Gasteiger partial charge in [0, 0.05) is 11.9 Å². The molecule has 0 saturated heterocycles. The number of aryl methyl sites for hydroxylation is 1. The number of rotatable bonds is 2. The number of aromatic nitrogens is 3. The predicted molar refractivity (Wildman–Crippen MR) is 87.8 cm³/mol.